The first-order chi connectivity index (χ1) is 8.04. The number of hydrogen-bond acceptors (Lipinski definition) is 4. The van der Waals surface area contributed by atoms with Crippen molar-refractivity contribution in [1.29, 1.82) is 0 Å². The number of hydrogen-bond donors (Lipinski definition) is 1. The van der Waals surface area contributed by atoms with E-state index in [0.717, 1.165) is 0 Å². The van der Waals surface area contributed by atoms with Gasteiger partial charge >= 0.3 is 11.7 Å². The van der Waals surface area contributed by atoms with Gasteiger partial charge in [0.25, 0.3) is 0 Å². The molecule has 90 valence electrons. The highest BCUT2D eigenvalue weighted by molar-refractivity contribution is 6.36. The van der Waals surface area contributed by atoms with Gasteiger partial charge in [-0.2, -0.15) is 4.79 Å². The number of carbonyl (C=O) groups excluding carboxylic acids is 1. The lowest BCUT2D eigenvalue weighted by Crippen LogP contribution is -2.40. The zero-order chi connectivity index (χ0) is 12.9. The third-order valence-corrected chi connectivity index (χ3v) is 2.19. The van der Waals surface area contributed by atoms with E-state index >= 15 is 0 Å². The molecule has 6 nitrogen and oxygen atoms in total. The lowest BCUT2D eigenvalue weighted by molar-refractivity contribution is -0.143. The molecule has 1 atom stereocenters. The van der Waals surface area contributed by atoms with E-state index in [2.05, 4.69) is 14.5 Å². The minimum absolute atomic E-state index is 0.121. The number of pyridine rings is 1. The Hall–Kier alpha value is -2.04. The Bertz CT molecular complexity index is 450. The third kappa shape index (κ3) is 2.75. The van der Waals surface area contributed by atoms with Gasteiger partial charge in [-0.15, -0.1) is 0 Å². The summed E-state index contributed by atoms with van der Waals surface area (Å²) in [7, 11) is 0. The molecule has 1 heterocycles. The molecule has 0 radical (unpaired) electrons. The van der Waals surface area contributed by atoms with Gasteiger partial charge in [-0.05, 0) is 26.0 Å². The molecule has 0 aliphatic carbocycles. The molecule has 1 unspecified atom stereocenters. The summed E-state index contributed by atoms with van der Waals surface area (Å²) in [4.78, 5) is 18.2. The zero-order valence-electron chi connectivity index (χ0n) is 9.62. The Balaban J connectivity index is 3.12. The summed E-state index contributed by atoms with van der Waals surface area (Å²) in [5.41, 5.74) is 6.71. The highest BCUT2D eigenvalue weighted by Crippen LogP contribution is 2.19. The van der Waals surface area contributed by atoms with Gasteiger partial charge in [0.2, 0.25) is 5.60 Å². The van der Waals surface area contributed by atoms with Crippen LogP contribution >= 0.6 is 0 Å². The molecule has 1 rings (SSSR count). The molecular weight excluding hydrogens is 222 g/mol. The van der Waals surface area contributed by atoms with Crippen molar-refractivity contribution in [3.05, 3.63) is 35.6 Å². The van der Waals surface area contributed by atoms with Crippen LogP contribution in [0.3, 0.4) is 0 Å². The summed E-state index contributed by atoms with van der Waals surface area (Å²) in [5, 5.41) is 10.2. The smallest absolute Gasteiger partial charge is 0.420 e. The molecule has 0 saturated carbocycles. The van der Waals surface area contributed by atoms with Crippen molar-refractivity contribution < 1.29 is 19.4 Å². The van der Waals surface area contributed by atoms with Crippen LogP contribution < -0.4 is 0 Å². The number of aliphatic hydroxyl groups is 1. The molecule has 6 heteroatoms. The molecule has 0 amide bonds. The van der Waals surface area contributed by atoms with E-state index in [4.69, 9.17) is 5.53 Å². The Labute approximate surface area is 98.5 Å². The van der Waals surface area contributed by atoms with Crippen molar-refractivity contribution in [2.24, 2.45) is 0 Å². The second-order valence-corrected chi connectivity index (χ2v) is 3.46. The molecule has 1 N–H and O–H groups in total. The van der Waals surface area contributed by atoms with Crippen LogP contribution in [0, 0.1) is 0 Å². The van der Waals surface area contributed by atoms with Gasteiger partial charge in [0.15, 0.2) is 0 Å². The van der Waals surface area contributed by atoms with Crippen molar-refractivity contribution >= 4 is 11.7 Å². The fourth-order valence-electron chi connectivity index (χ4n) is 1.31. The van der Waals surface area contributed by atoms with Crippen molar-refractivity contribution in [2.75, 3.05) is 6.61 Å². The zero-order valence-corrected chi connectivity index (χ0v) is 9.62. The minimum atomic E-state index is -1.80. The fourth-order valence-corrected chi connectivity index (χ4v) is 1.31. The van der Waals surface area contributed by atoms with Crippen LogP contribution in [-0.2, 0) is 15.1 Å². The Morgan fingerprint density at radius 3 is 2.82 bits per heavy atom. The van der Waals surface area contributed by atoms with Gasteiger partial charge in [-0.3, -0.25) is 4.98 Å². The number of rotatable bonds is 4. The average Bonchev–Trinajstić information content (AvgIpc) is 2.31. The van der Waals surface area contributed by atoms with Gasteiger partial charge < -0.3 is 15.4 Å². The van der Waals surface area contributed by atoms with E-state index in [-0.39, 0.29) is 12.3 Å². The van der Waals surface area contributed by atoms with E-state index in [1.807, 2.05) is 0 Å². The van der Waals surface area contributed by atoms with Crippen LogP contribution in [0.5, 0.6) is 0 Å². The number of aromatic nitrogens is 1. The number of esters is 1. The summed E-state index contributed by atoms with van der Waals surface area (Å²) < 4.78 is 4.69. The molecule has 0 aliphatic heterocycles. The Morgan fingerprint density at radius 2 is 2.35 bits per heavy atom. The lowest BCUT2D eigenvalue weighted by Gasteiger charge is -2.16. The third-order valence-electron chi connectivity index (χ3n) is 2.19. The van der Waals surface area contributed by atoms with Crippen molar-refractivity contribution in [3.8, 4) is 0 Å². The van der Waals surface area contributed by atoms with Crippen LogP contribution in [0.1, 0.15) is 19.5 Å². The number of ether oxygens (including phenoxy) is 1. The van der Waals surface area contributed by atoms with Gasteiger partial charge in [0.1, 0.15) is 0 Å². The highest BCUT2D eigenvalue weighted by atomic mass is 16.5. The predicted octanol–water partition coefficient (Wildman–Crippen LogP) is 0.523. The van der Waals surface area contributed by atoms with Crippen LogP contribution in [0.25, 0.3) is 5.53 Å². The number of nitrogens with zero attached hydrogens (tertiary/aromatic N) is 3. The van der Waals surface area contributed by atoms with Crippen LogP contribution in [-0.4, -0.2) is 33.2 Å². The largest absolute Gasteiger partial charge is 0.457 e. The van der Waals surface area contributed by atoms with E-state index in [1.54, 1.807) is 19.1 Å². The lowest BCUT2D eigenvalue weighted by atomic mass is 9.95. The second kappa shape index (κ2) is 5.34. The van der Waals surface area contributed by atoms with Crippen LogP contribution in [0.15, 0.2) is 24.4 Å². The average molecular weight is 235 g/mol. The first kappa shape index (κ1) is 13.0. The fraction of sp³-hybridized carbons (Fsp3) is 0.364. The Morgan fingerprint density at radius 1 is 1.65 bits per heavy atom. The maximum absolute atomic E-state index is 11.5. The topological polar surface area (TPSA) is 95.8 Å². The van der Waals surface area contributed by atoms with E-state index in [0.29, 0.717) is 0 Å². The molecule has 1 aromatic heterocycles. The molecule has 0 fully saturated rings. The van der Waals surface area contributed by atoms with Crippen molar-refractivity contribution in [3.63, 3.8) is 0 Å². The summed E-state index contributed by atoms with van der Waals surface area (Å²) in [6.45, 7) is 3.04. The van der Waals surface area contributed by atoms with Gasteiger partial charge in [-0.1, -0.05) is 6.07 Å². The quantitative estimate of drug-likeness (QED) is 0.356. The molecule has 0 spiro atoms. The maximum Gasteiger partial charge on any atom is 0.420 e. The highest BCUT2D eigenvalue weighted by Gasteiger charge is 2.45. The van der Waals surface area contributed by atoms with Gasteiger partial charge in [-0.25, -0.2) is 4.79 Å². The van der Waals surface area contributed by atoms with E-state index < -0.39 is 17.3 Å². The summed E-state index contributed by atoms with van der Waals surface area (Å²) in [6.07, 6.45) is 1.46. The van der Waals surface area contributed by atoms with Crippen molar-refractivity contribution in [1.82, 2.24) is 4.98 Å². The second-order valence-electron chi connectivity index (χ2n) is 3.46. The molecular formula is C11H13N3O3. The molecule has 1 aromatic rings. The molecule has 17 heavy (non-hydrogen) atoms. The summed E-state index contributed by atoms with van der Waals surface area (Å²) in [5.74, 6) is -0.884. The minimum Gasteiger partial charge on any atom is -0.457 e. The predicted molar refractivity (Wildman–Crippen MR) is 59.1 cm³/mol. The molecule has 0 bridgehead atoms. The maximum atomic E-state index is 11.5. The SMILES string of the molecule is CCOC(=O)C(=[N+]=[N-])C(C)(O)c1ccccn1. The molecule has 0 saturated heterocycles. The Kier molecular flexibility index (Phi) is 4.09. The summed E-state index contributed by atoms with van der Waals surface area (Å²) in [6, 6.07) is 4.83. The monoisotopic (exact) mass is 235 g/mol. The molecule has 0 aliphatic rings. The van der Waals surface area contributed by atoms with Crippen LogP contribution in [0.4, 0.5) is 0 Å². The standard InChI is InChI=1S/C11H13N3O3/c1-3-17-10(15)9(14-12)11(2,16)8-6-4-5-7-13-8/h4-7,16H,3H2,1-2H3. The number of carbonyl (C=O) groups is 1. The van der Waals surface area contributed by atoms with Gasteiger partial charge in [0, 0.05) is 6.20 Å². The van der Waals surface area contributed by atoms with Gasteiger partial charge in [0.05, 0.1) is 12.3 Å². The first-order valence-corrected chi connectivity index (χ1v) is 5.07. The van der Waals surface area contributed by atoms with Crippen LogP contribution in [0.2, 0.25) is 0 Å². The summed E-state index contributed by atoms with van der Waals surface area (Å²) >= 11 is 0. The first-order valence-electron chi connectivity index (χ1n) is 5.07. The van der Waals surface area contributed by atoms with Crippen molar-refractivity contribution in [2.45, 2.75) is 19.4 Å². The normalized spacial score (nSPS) is 13.4. The van der Waals surface area contributed by atoms with E-state index in [1.165, 1.54) is 19.2 Å². The van der Waals surface area contributed by atoms with E-state index in [9.17, 15) is 9.90 Å². The molecule has 0 aromatic carbocycles.